The molecule has 0 aliphatic heterocycles. The zero-order chi connectivity index (χ0) is 35.8. The number of amides is 2. The Morgan fingerprint density at radius 3 is 2.34 bits per heavy atom. The molecule has 2 heterocycles. The van der Waals surface area contributed by atoms with Crippen LogP contribution in [0.1, 0.15) is 46.3 Å². The molecular formula is C35H32F3N5O6S. The van der Waals surface area contributed by atoms with Gasteiger partial charge in [0.25, 0.3) is 11.8 Å². The second-order valence-corrected chi connectivity index (χ2v) is 13.7. The third-order valence-corrected chi connectivity index (χ3v) is 9.81. The predicted molar refractivity (Wildman–Crippen MR) is 180 cm³/mol. The number of carbonyl (C=O) groups excluding carboxylic acids is 2. The first-order valence-corrected chi connectivity index (χ1v) is 17.4. The highest BCUT2D eigenvalue weighted by atomic mass is 32.2. The van der Waals surface area contributed by atoms with Crippen LogP contribution in [0.3, 0.4) is 0 Å². The average molecular weight is 708 g/mol. The largest absolute Gasteiger partial charge is 0.455 e. The van der Waals surface area contributed by atoms with Crippen molar-refractivity contribution in [3.8, 4) is 22.5 Å². The molecule has 2 amide bonds. The van der Waals surface area contributed by atoms with Crippen LogP contribution in [0.25, 0.3) is 33.4 Å². The van der Waals surface area contributed by atoms with Crippen LogP contribution in [0, 0.1) is 5.82 Å². The highest BCUT2D eigenvalue weighted by Crippen LogP contribution is 2.44. The molecular weight excluding hydrogens is 675 g/mol. The van der Waals surface area contributed by atoms with Crippen LogP contribution in [0.4, 0.5) is 18.9 Å². The molecule has 6 rings (SSSR count). The number of rotatable bonds is 11. The Hall–Kier alpha value is -5.28. The zero-order valence-corrected chi connectivity index (χ0v) is 27.9. The van der Waals surface area contributed by atoms with E-state index in [0.717, 1.165) is 6.26 Å². The number of carbonyl (C=O) groups is 2. The molecule has 11 nitrogen and oxygen atoms in total. The molecule has 2 N–H and O–H groups in total. The van der Waals surface area contributed by atoms with E-state index in [4.69, 9.17) is 4.42 Å². The Bertz CT molecular complexity index is 2170. The summed E-state index contributed by atoms with van der Waals surface area (Å²) in [5.41, 5.74) is 0.808. The Kier molecular flexibility index (Phi) is 9.37. The van der Waals surface area contributed by atoms with E-state index in [1.165, 1.54) is 54.1 Å². The number of benzene rings is 3. The molecule has 2 aromatic heterocycles. The van der Waals surface area contributed by atoms with Crippen LogP contribution < -0.4 is 14.9 Å². The number of nitrogens with one attached hydrogen (secondary N) is 2. The first kappa shape index (κ1) is 34.6. The normalized spacial score (nSPS) is 17.4. The van der Waals surface area contributed by atoms with Crippen LogP contribution >= 0.6 is 0 Å². The molecule has 0 bridgehead atoms. The monoisotopic (exact) mass is 707 g/mol. The van der Waals surface area contributed by atoms with Crippen molar-refractivity contribution < 1.29 is 40.3 Å². The number of aromatic nitrogens is 2. The van der Waals surface area contributed by atoms with Gasteiger partial charge in [-0.25, -0.2) is 22.8 Å². The molecule has 260 valence electrons. The third kappa shape index (κ3) is 6.65. The lowest BCUT2D eigenvalue weighted by molar-refractivity contribution is -0.198. The number of furan rings is 1. The SMILES string of the molecule is CCN(c1cc2oc(-c3ccc(F)cc3)c(C(=O)NC)c2cc1-c1cccc(C(=O)NC2(c3ncccn3)CC(OC(F)F)C2)c1)S(C)(=O)=O. The Balaban J connectivity index is 1.47. The van der Waals surface area contributed by atoms with E-state index in [9.17, 15) is 31.2 Å². The molecule has 0 spiro atoms. The second-order valence-electron chi connectivity index (χ2n) is 11.8. The van der Waals surface area contributed by atoms with Crippen molar-refractivity contribution in [2.24, 2.45) is 0 Å². The smallest absolute Gasteiger partial charge is 0.345 e. The Labute approximate surface area is 285 Å². The van der Waals surface area contributed by atoms with E-state index in [-0.39, 0.29) is 53.4 Å². The summed E-state index contributed by atoms with van der Waals surface area (Å²) in [7, 11) is -2.38. The van der Waals surface area contributed by atoms with Gasteiger partial charge < -0.3 is 19.8 Å². The molecule has 1 saturated carbocycles. The van der Waals surface area contributed by atoms with Crippen molar-refractivity contribution in [3.05, 3.63) is 102 Å². The molecule has 0 atom stereocenters. The van der Waals surface area contributed by atoms with Crippen molar-refractivity contribution in [1.29, 1.82) is 0 Å². The van der Waals surface area contributed by atoms with Crippen molar-refractivity contribution in [3.63, 3.8) is 0 Å². The molecule has 5 aromatic rings. The lowest BCUT2D eigenvalue weighted by Gasteiger charge is -2.46. The molecule has 50 heavy (non-hydrogen) atoms. The maximum Gasteiger partial charge on any atom is 0.345 e. The van der Waals surface area contributed by atoms with Gasteiger partial charge in [0.1, 0.15) is 22.7 Å². The lowest BCUT2D eigenvalue weighted by Crippen LogP contribution is -2.58. The van der Waals surface area contributed by atoms with Gasteiger partial charge in [-0.1, -0.05) is 12.1 Å². The van der Waals surface area contributed by atoms with Gasteiger partial charge in [-0.2, -0.15) is 8.78 Å². The van der Waals surface area contributed by atoms with Crippen molar-refractivity contribution in [1.82, 2.24) is 20.6 Å². The third-order valence-electron chi connectivity index (χ3n) is 8.55. The number of sulfonamides is 1. The van der Waals surface area contributed by atoms with Crippen LogP contribution in [0.2, 0.25) is 0 Å². The summed E-state index contributed by atoms with van der Waals surface area (Å²) >= 11 is 0. The van der Waals surface area contributed by atoms with E-state index < -0.39 is 45.9 Å². The van der Waals surface area contributed by atoms with Gasteiger partial charge >= 0.3 is 6.61 Å². The minimum absolute atomic E-state index is 0.0204. The van der Waals surface area contributed by atoms with E-state index in [1.54, 1.807) is 43.3 Å². The standard InChI is InChI=1S/C35H32F3N5O6S/c1-4-43(50(3,46)47)27-17-28-26(29(32(45)39-2)30(49-28)20-9-11-23(36)12-10-20)16-25(27)21-7-5-8-22(15-21)31(44)42-35(33-40-13-6-14-41-33)18-24(19-35)48-34(37)38/h5-17,24,34H,4,18-19H2,1-3H3,(H,39,45)(H,42,44). The second kappa shape index (κ2) is 13.6. The van der Waals surface area contributed by atoms with Crippen LogP contribution in [-0.4, -0.2) is 62.8 Å². The van der Waals surface area contributed by atoms with E-state index in [0.29, 0.717) is 22.1 Å². The molecule has 0 unspecified atom stereocenters. The van der Waals surface area contributed by atoms with E-state index in [2.05, 4.69) is 25.3 Å². The number of ether oxygens (including phenoxy) is 1. The highest BCUT2D eigenvalue weighted by molar-refractivity contribution is 7.92. The van der Waals surface area contributed by atoms with Gasteiger partial charge in [0.15, 0.2) is 5.82 Å². The van der Waals surface area contributed by atoms with Crippen molar-refractivity contribution in [2.45, 2.75) is 38.0 Å². The predicted octanol–water partition coefficient (Wildman–Crippen LogP) is 5.87. The van der Waals surface area contributed by atoms with Crippen LogP contribution in [-0.2, 0) is 20.3 Å². The number of anilines is 1. The number of fused-ring (bicyclic) bond motifs is 1. The number of nitrogens with zero attached hydrogens (tertiary/aromatic N) is 3. The summed E-state index contributed by atoms with van der Waals surface area (Å²) in [6.45, 7) is -1.27. The van der Waals surface area contributed by atoms with Gasteiger partial charge in [0.2, 0.25) is 10.0 Å². The summed E-state index contributed by atoms with van der Waals surface area (Å²) in [5.74, 6) is -1.13. The fourth-order valence-electron chi connectivity index (χ4n) is 6.27. The van der Waals surface area contributed by atoms with Crippen molar-refractivity contribution in [2.75, 3.05) is 24.2 Å². The molecule has 15 heteroatoms. The van der Waals surface area contributed by atoms with Crippen molar-refractivity contribution >= 4 is 38.5 Å². The minimum Gasteiger partial charge on any atom is -0.455 e. The number of halogens is 3. The van der Waals surface area contributed by atoms with Gasteiger partial charge in [-0.15, -0.1) is 0 Å². The van der Waals surface area contributed by atoms with Crippen LogP contribution in [0.5, 0.6) is 0 Å². The molecule has 1 aliphatic carbocycles. The van der Waals surface area contributed by atoms with E-state index in [1.807, 2.05) is 0 Å². The summed E-state index contributed by atoms with van der Waals surface area (Å²) < 4.78 is 77.7. The zero-order valence-electron chi connectivity index (χ0n) is 27.1. The van der Waals surface area contributed by atoms with Gasteiger partial charge in [-0.05, 0) is 61.0 Å². The Morgan fingerprint density at radius 1 is 1.02 bits per heavy atom. The molecule has 0 radical (unpaired) electrons. The maximum atomic E-state index is 13.8. The molecule has 1 aliphatic rings. The summed E-state index contributed by atoms with van der Waals surface area (Å²) in [6, 6.07) is 16.5. The minimum atomic E-state index is -3.83. The first-order valence-electron chi connectivity index (χ1n) is 15.5. The topological polar surface area (TPSA) is 144 Å². The quantitative estimate of drug-likeness (QED) is 0.174. The number of hydrogen-bond acceptors (Lipinski definition) is 8. The fraction of sp³-hybridized carbons (Fsp3) is 0.257. The number of hydrogen-bond donors (Lipinski definition) is 2. The number of alkyl halides is 2. The van der Waals surface area contributed by atoms with Crippen LogP contribution in [0.15, 0.2) is 83.5 Å². The summed E-state index contributed by atoms with van der Waals surface area (Å²) in [5, 5.41) is 5.87. The van der Waals surface area contributed by atoms with E-state index >= 15 is 0 Å². The lowest BCUT2D eigenvalue weighted by atomic mass is 9.73. The molecule has 0 saturated heterocycles. The van der Waals surface area contributed by atoms with Gasteiger partial charge in [0, 0.05) is 67.0 Å². The molecule has 3 aromatic carbocycles. The van der Waals surface area contributed by atoms with Gasteiger partial charge in [0.05, 0.1) is 23.6 Å². The Morgan fingerprint density at radius 2 is 1.72 bits per heavy atom. The average Bonchev–Trinajstić information content (AvgIpc) is 3.45. The maximum absolute atomic E-state index is 13.8. The van der Waals surface area contributed by atoms with Gasteiger partial charge in [-0.3, -0.25) is 13.9 Å². The summed E-state index contributed by atoms with van der Waals surface area (Å²) in [4.78, 5) is 35.6. The fourth-order valence-corrected chi connectivity index (χ4v) is 7.25. The highest BCUT2D eigenvalue weighted by Gasteiger charge is 2.50. The first-order chi connectivity index (χ1) is 23.8. The molecule has 1 fully saturated rings. The summed E-state index contributed by atoms with van der Waals surface area (Å²) in [6.07, 6.45) is 3.26.